The molecular formula is C26H26F3N5O3S. The summed E-state index contributed by atoms with van der Waals surface area (Å²) >= 11 is 5.68. The molecule has 0 saturated heterocycles. The maximum atomic E-state index is 15.4. The van der Waals surface area contributed by atoms with E-state index in [1.54, 1.807) is 26.8 Å². The van der Waals surface area contributed by atoms with E-state index in [1.165, 1.54) is 41.1 Å². The SMILES string of the molecule is CCc1nc(OCCO)c2cc(N(C(=S)N(C)c3ccc(C#N)c(C(F)F)c3)C(C)(C)C=O)cc(F)c2n1. The highest BCUT2D eigenvalue weighted by Gasteiger charge is 2.33. The van der Waals surface area contributed by atoms with Crippen LogP contribution in [0.25, 0.3) is 10.9 Å². The van der Waals surface area contributed by atoms with Crippen molar-refractivity contribution in [1.29, 1.82) is 5.26 Å². The summed E-state index contributed by atoms with van der Waals surface area (Å²) in [6, 6.07) is 8.27. The van der Waals surface area contributed by atoms with Crippen LogP contribution >= 0.6 is 12.2 Å². The number of benzene rings is 2. The molecular weight excluding hydrogens is 519 g/mol. The Morgan fingerprint density at radius 3 is 2.55 bits per heavy atom. The number of ether oxygens (including phenoxy) is 1. The van der Waals surface area contributed by atoms with Crippen LogP contribution in [0.5, 0.6) is 5.88 Å². The molecule has 0 aliphatic heterocycles. The van der Waals surface area contributed by atoms with E-state index in [4.69, 9.17) is 22.2 Å². The van der Waals surface area contributed by atoms with Crippen LogP contribution < -0.4 is 14.5 Å². The number of aldehydes is 1. The molecule has 0 atom stereocenters. The number of fused-ring (bicyclic) bond motifs is 1. The van der Waals surface area contributed by atoms with Crippen LogP contribution in [-0.4, -0.2) is 52.3 Å². The fraction of sp³-hybridized carbons (Fsp3) is 0.346. The Kier molecular flexibility index (Phi) is 8.85. The third kappa shape index (κ3) is 5.69. The summed E-state index contributed by atoms with van der Waals surface area (Å²) in [5.74, 6) is -0.328. The standard InChI is InChI=1S/C26H26F3N5O3S/c1-5-21-31-22-19(24(32-21)37-9-8-35)11-17(12-20(22)27)34(26(2,3)14-36)25(38)33(4)16-7-6-15(13-30)18(10-16)23(28)29/h6-7,10-12,14,23,35H,5,8-9H2,1-4H3. The van der Waals surface area contributed by atoms with Crippen LogP contribution in [0.15, 0.2) is 30.3 Å². The summed E-state index contributed by atoms with van der Waals surface area (Å²) < 4.78 is 48.1. The Hall–Kier alpha value is -3.82. The van der Waals surface area contributed by atoms with E-state index in [2.05, 4.69) is 9.97 Å². The molecule has 0 aliphatic carbocycles. The lowest BCUT2D eigenvalue weighted by atomic mass is 10.0. The van der Waals surface area contributed by atoms with Gasteiger partial charge >= 0.3 is 0 Å². The van der Waals surface area contributed by atoms with Crippen molar-refractivity contribution in [3.05, 3.63) is 53.1 Å². The fourth-order valence-electron chi connectivity index (χ4n) is 3.78. The molecule has 0 amide bonds. The predicted octanol–water partition coefficient (Wildman–Crippen LogP) is 4.72. The number of aryl methyl sites for hydroxylation is 1. The van der Waals surface area contributed by atoms with Crippen molar-refractivity contribution >= 4 is 45.9 Å². The molecule has 12 heteroatoms. The summed E-state index contributed by atoms with van der Waals surface area (Å²) in [6.07, 6.45) is -1.86. The third-order valence-corrected chi connectivity index (χ3v) is 6.23. The second-order valence-electron chi connectivity index (χ2n) is 8.83. The number of halogens is 3. The number of alkyl halides is 2. The highest BCUT2D eigenvalue weighted by Crippen LogP contribution is 2.35. The van der Waals surface area contributed by atoms with E-state index < -0.39 is 23.3 Å². The van der Waals surface area contributed by atoms with Gasteiger partial charge in [-0.15, -0.1) is 0 Å². The number of aliphatic hydroxyl groups excluding tert-OH is 1. The minimum absolute atomic E-state index is 0.00491. The summed E-state index contributed by atoms with van der Waals surface area (Å²) in [5, 5.41) is 18.6. The molecule has 0 unspecified atom stereocenters. The first kappa shape index (κ1) is 28.7. The largest absolute Gasteiger partial charge is 0.475 e. The number of hydrogen-bond donors (Lipinski definition) is 1. The molecule has 1 N–H and O–H groups in total. The van der Waals surface area contributed by atoms with Crippen molar-refractivity contribution < 1.29 is 27.8 Å². The third-order valence-electron chi connectivity index (χ3n) is 5.78. The van der Waals surface area contributed by atoms with Gasteiger partial charge in [0, 0.05) is 30.4 Å². The quantitative estimate of drug-likeness (QED) is 0.302. The Morgan fingerprint density at radius 1 is 1.26 bits per heavy atom. The number of thiocarbonyl (C=S) groups is 1. The molecule has 2 aromatic carbocycles. The van der Waals surface area contributed by atoms with Crippen LogP contribution in [0.3, 0.4) is 0 Å². The number of nitriles is 1. The van der Waals surface area contributed by atoms with E-state index in [0.29, 0.717) is 18.5 Å². The Morgan fingerprint density at radius 2 is 1.97 bits per heavy atom. The second kappa shape index (κ2) is 11.7. The van der Waals surface area contributed by atoms with Gasteiger partial charge in [0.05, 0.1) is 29.2 Å². The van der Waals surface area contributed by atoms with Gasteiger partial charge in [0.25, 0.3) is 6.43 Å². The lowest BCUT2D eigenvalue weighted by molar-refractivity contribution is -0.111. The fourth-order valence-corrected chi connectivity index (χ4v) is 4.22. The Balaban J connectivity index is 2.19. The minimum atomic E-state index is -2.89. The molecule has 0 saturated carbocycles. The van der Waals surface area contributed by atoms with Crippen LogP contribution in [0.2, 0.25) is 0 Å². The van der Waals surface area contributed by atoms with Crippen molar-refractivity contribution in [2.75, 3.05) is 30.1 Å². The highest BCUT2D eigenvalue weighted by molar-refractivity contribution is 7.80. The normalized spacial score (nSPS) is 11.4. The molecule has 1 aromatic heterocycles. The summed E-state index contributed by atoms with van der Waals surface area (Å²) in [7, 11) is 1.51. The monoisotopic (exact) mass is 545 g/mol. The zero-order chi connectivity index (χ0) is 28.2. The molecule has 0 spiro atoms. The number of nitrogens with zero attached hydrogens (tertiary/aromatic N) is 5. The average Bonchev–Trinajstić information content (AvgIpc) is 2.90. The van der Waals surface area contributed by atoms with E-state index in [9.17, 15) is 18.7 Å². The summed E-state index contributed by atoms with van der Waals surface area (Å²) in [4.78, 5) is 23.5. The molecule has 200 valence electrons. The number of anilines is 2. The number of aliphatic hydroxyl groups is 1. The zero-order valence-corrected chi connectivity index (χ0v) is 22.0. The molecule has 3 aromatic rings. The van der Waals surface area contributed by atoms with E-state index in [1.807, 2.05) is 0 Å². The topological polar surface area (TPSA) is 103 Å². The average molecular weight is 546 g/mol. The molecule has 38 heavy (non-hydrogen) atoms. The molecule has 0 aliphatic rings. The van der Waals surface area contributed by atoms with Crippen LogP contribution in [0, 0.1) is 17.1 Å². The van der Waals surface area contributed by atoms with Gasteiger partial charge in [-0.3, -0.25) is 0 Å². The smallest absolute Gasteiger partial charge is 0.265 e. The highest BCUT2D eigenvalue weighted by atomic mass is 32.1. The Bertz CT molecular complexity index is 1410. The first-order valence-electron chi connectivity index (χ1n) is 11.6. The maximum Gasteiger partial charge on any atom is 0.265 e. The molecule has 8 nitrogen and oxygen atoms in total. The van der Waals surface area contributed by atoms with Crippen LogP contribution in [-0.2, 0) is 11.2 Å². The number of rotatable bonds is 9. The van der Waals surface area contributed by atoms with E-state index in [0.717, 1.165) is 6.07 Å². The van der Waals surface area contributed by atoms with Gasteiger partial charge in [-0.2, -0.15) is 10.2 Å². The molecule has 0 fully saturated rings. The van der Waals surface area contributed by atoms with Gasteiger partial charge in [0.15, 0.2) is 10.9 Å². The number of aromatic nitrogens is 2. The van der Waals surface area contributed by atoms with Gasteiger partial charge in [-0.1, -0.05) is 6.92 Å². The maximum absolute atomic E-state index is 15.4. The zero-order valence-electron chi connectivity index (χ0n) is 21.2. The van der Waals surface area contributed by atoms with Crippen LogP contribution in [0.1, 0.15) is 44.1 Å². The molecule has 1 heterocycles. The second-order valence-corrected chi connectivity index (χ2v) is 9.19. The summed E-state index contributed by atoms with van der Waals surface area (Å²) in [6.45, 7) is 4.54. The van der Waals surface area contributed by atoms with Crippen molar-refractivity contribution in [3.8, 4) is 11.9 Å². The minimum Gasteiger partial charge on any atom is -0.475 e. The van der Waals surface area contributed by atoms with Crippen molar-refractivity contribution in [2.45, 2.75) is 39.2 Å². The van der Waals surface area contributed by atoms with Crippen molar-refractivity contribution in [3.63, 3.8) is 0 Å². The van der Waals surface area contributed by atoms with Gasteiger partial charge in [-0.25, -0.2) is 18.2 Å². The lowest BCUT2D eigenvalue weighted by Crippen LogP contribution is -2.54. The first-order valence-corrected chi connectivity index (χ1v) is 12.0. The first-order chi connectivity index (χ1) is 18.0. The van der Waals surface area contributed by atoms with Gasteiger partial charge in [0.1, 0.15) is 24.2 Å². The predicted molar refractivity (Wildman–Crippen MR) is 141 cm³/mol. The molecule has 0 radical (unpaired) electrons. The summed E-state index contributed by atoms with van der Waals surface area (Å²) in [5.41, 5.74) is -1.56. The van der Waals surface area contributed by atoms with E-state index in [-0.39, 0.29) is 52.0 Å². The number of hydrogen-bond acceptors (Lipinski definition) is 7. The van der Waals surface area contributed by atoms with E-state index >= 15 is 4.39 Å². The van der Waals surface area contributed by atoms with Gasteiger partial charge in [-0.05, 0) is 56.4 Å². The van der Waals surface area contributed by atoms with Crippen molar-refractivity contribution in [2.24, 2.45) is 0 Å². The van der Waals surface area contributed by atoms with Crippen LogP contribution in [0.4, 0.5) is 24.5 Å². The van der Waals surface area contributed by atoms with Gasteiger partial charge < -0.3 is 24.4 Å². The molecule has 0 bridgehead atoms. The number of carbonyl (C=O) groups excluding carboxylic acids is 1. The van der Waals surface area contributed by atoms with Gasteiger partial charge in [0.2, 0.25) is 5.88 Å². The van der Waals surface area contributed by atoms with Crippen molar-refractivity contribution in [1.82, 2.24) is 9.97 Å². The molecule has 3 rings (SSSR count). The lowest BCUT2D eigenvalue weighted by Gasteiger charge is -2.39. The number of carbonyl (C=O) groups is 1. The Labute approximate surface area is 223 Å².